The molecule has 2 aromatic rings. The molecule has 1 atom stereocenters. The largest absolute Gasteiger partial charge is 0.452 e. The van der Waals surface area contributed by atoms with E-state index < -0.39 is 0 Å². The minimum absolute atomic E-state index is 0.136. The van der Waals surface area contributed by atoms with Crippen molar-refractivity contribution in [2.75, 3.05) is 0 Å². The average Bonchev–Trinajstić information content (AvgIpc) is 2.86. The molecule has 2 heterocycles. The van der Waals surface area contributed by atoms with Crippen LogP contribution in [-0.2, 0) is 0 Å². The van der Waals surface area contributed by atoms with Gasteiger partial charge in [0.25, 0.3) is 5.89 Å². The molecule has 1 aliphatic carbocycles. The topological polar surface area (TPSA) is 78.1 Å². The Morgan fingerprint density at radius 3 is 2.94 bits per heavy atom. The molecule has 5 nitrogen and oxygen atoms in total. The molecule has 0 radical (unpaired) electrons. The summed E-state index contributed by atoms with van der Waals surface area (Å²) in [5, 5.41) is 4.11. The number of rotatable bonds is 3. The second-order valence-corrected chi connectivity index (χ2v) is 4.27. The van der Waals surface area contributed by atoms with E-state index in [0.29, 0.717) is 23.2 Å². The molecule has 0 saturated heterocycles. The molecule has 1 fully saturated rings. The van der Waals surface area contributed by atoms with Crippen LogP contribution < -0.4 is 5.73 Å². The molecule has 1 unspecified atom stereocenters. The second kappa shape index (κ2) is 3.61. The predicted octanol–water partition coefficient (Wildman–Crippen LogP) is 2.39. The number of nitrogens with two attached hydrogens (primary N) is 1. The minimum atomic E-state index is -0.136. The summed E-state index contributed by atoms with van der Waals surface area (Å²) in [7, 11) is 0. The molecule has 3 rings (SSSR count). The van der Waals surface area contributed by atoms with E-state index in [1.54, 1.807) is 6.07 Å². The molecular weight excluding hydrogens is 230 g/mol. The summed E-state index contributed by atoms with van der Waals surface area (Å²) in [6.45, 7) is 0. The first-order valence-corrected chi connectivity index (χ1v) is 5.46. The van der Waals surface area contributed by atoms with Gasteiger partial charge in [-0.3, -0.25) is 0 Å². The highest BCUT2D eigenvalue weighted by atomic mass is 35.5. The maximum Gasteiger partial charge on any atom is 0.262 e. The fraction of sp³-hybridized carbons (Fsp3) is 0.400. The molecule has 0 aliphatic heterocycles. The predicted molar refractivity (Wildman–Crippen MR) is 56.7 cm³/mol. The molecule has 0 aromatic carbocycles. The summed E-state index contributed by atoms with van der Waals surface area (Å²) in [5.41, 5.74) is 6.56. The Bertz CT molecular complexity index is 504. The standard InChI is InChI=1S/C10H10ClN3O2/c11-8-6(3-4-15-8)10-13-9(14-16-10)7(12)5-1-2-5/h3-5,7H,1-2,12H2. The zero-order valence-corrected chi connectivity index (χ0v) is 9.15. The lowest BCUT2D eigenvalue weighted by Crippen LogP contribution is -2.13. The van der Waals surface area contributed by atoms with Gasteiger partial charge in [-0.1, -0.05) is 5.16 Å². The Labute approximate surface area is 96.6 Å². The van der Waals surface area contributed by atoms with Crippen molar-refractivity contribution in [1.82, 2.24) is 10.1 Å². The highest BCUT2D eigenvalue weighted by Crippen LogP contribution is 2.39. The molecule has 0 spiro atoms. The first-order valence-electron chi connectivity index (χ1n) is 5.08. The zero-order valence-electron chi connectivity index (χ0n) is 8.39. The summed E-state index contributed by atoms with van der Waals surface area (Å²) >= 11 is 5.81. The van der Waals surface area contributed by atoms with Gasteiger partial charge in [0.1, 0.15) is 0 Å². The first-order chi connectivity index (χ1) is 7.75. The molecule has 6 heteroatoms. The van der Waals surface area contributed by atoms with Gasteiger partial charge in [0.15, 0.2) is 5.82 Å². The number of aromatic nitrogens is 2. The van der Waals surface area contributed by atoms with Gasteiger partial charge in [-0.05, 0) is 36.4 Å². The van der Waals surface area contributed by atoms with Crippen molar-refractivity contribution in [2.24, 2.45) is 11.7 Å². The van der Waals surface area contributed by atoms with Gasteiger partial charge in [0, 0.05) is 0 Å². The normalized spacial score (nSPS) is 17.6. The van der Waals surface area contributed by atoms with Gasteiger partial charge >= 0.3 is 0 Å². The SMILES string of the molecule is NC(c1noc(-c2ccoc2Cl)n1)C1CC1. The maximum absolute atomic E-state index is 5.96. The van der Waals surface area contributed by atoms with Crippen molar-refractivity contribution >= 4 is 11.6 Å². The highest BCUT2D eigenvalue weighted by Gasteiger charge is 2.32. The van der Waals surface area contributed by atoms with Crippen LogP contribution in [0.15, 0.2) is 21.3 Å². The lowest BCUT2D eigenvalue weighted by atomic mass is 10.2. The zero-order chi connectivity index (χ0) is 11.1. The summed E-state index contributed by atoms with van der Waals surface area (Å²) in [5.74, 6) is 1.38. The van der Waals surface area contributed by atoms with Crippen molar-refractivity contribution in [3.8, 4) is 11.5 Å². The van der Waals surface area contributed by atoms with E-state index in [-0.39, 0.29) is 11.3 Å². The number of hydrogen-bond acceptors (Lipinski definition) is 5. The van der Waals surface area contributed by atoms with Crippen LogP contribution in [0.25, 0.3) is 11.5 Å². The van der Waals surface area contributed by atoms with E-state index in [1.807, 2.05) is 0 Å². The number of halogens is 1. The van der Waals surface area contributed by atoms with Crippen molar-refractivity contribution in [3.63, 3.8) is 0 Å². The van der Waals surface area contributed by atoms with Crippen molar-refractivity contribution in [1.29, 1.82) is 0 Å². The monoisotopic (exact) mass is 239 g/mol. The van der Waals surface area contributed by atoms with Crippen LogP contribution in [0.4, 0.5) is 0 Å². The third-order valence-electron chi connectivity index (χ3n) is 2.72. The van der Waals surface area contributed by atoms with Crippen LogP contribution in [0.3, 0.4) is 0 Å². The van der Waals surface area contributed by atoms with E-state index in [0.717, 1.165) is 12.8 Å². The number of nitrogens with zero attached hydrogens (tertiary/aromatic N) is 2. The van der Waals surface area contributed by atoms with Crippen molar-refractivity contribution < 1.29 is 8.94 Å². The van der Waals surface area contributed by atoms with Gasteiger partial charge in [-0.2, -0.15) is 4.98 Å². The van der Waals surface area contributed by atoms with Crippen molar-refractivity contribution in [3.05, 3.63) is 23.4 Å². The first kappa shape index (κ1) is 9.86. The molecule has 1 saturated carbocycles. The lowest BCUT2D eigenvalue weighted by Gasteiger charge is -2.01. The van der Waals surface area contributed by atoms with E-state index in [4.69, 9.17) is 26.3 Å². The fourth-order valence-electron chi connectivity index (χ4n) is 1.59. The molecule has 2 N–H and O–H groups in total. The van der Waals surface area contributed by atoms with E-state index in [1.165, 1.54) is 6.26 Å². The summed E-state index contributed by atoms with van der Waals surface area (Å²) in [4.78, 5) is 4.23. The summed E-state index contributed by atoms with van der Waals surface area (Å²) in [6, 6.07) is 1.55. The van der Waals surface area contributed by atoms with E-state index in [9.17, 15) is 0 Å². The fourth-order valence-corrected chi connectivity index (χ4v) is 1.79. The molecule has 1 aliphatic rings. The molecular formula is C10H10ClN3O2. The summed E-state index contributed by atoms with van der Waals surface area (Å²) < 4.78 is 10.1. The quantitative estimate of drug-likeness (QED) is 0.890. The number of hydrogen-bond donors (Lipinski definition) is 1. The smallest absolute Gasteiger partial charge is 0.262 e. The van der Waals surface area contributed by atoms with Gasteiger partial charge < -0.3 is 14.7 Å². The minimum Gasteiger partial charge on any atom is -0.452 e. The second-order valence-electron chi connectivity index (χ2n) is 3.93. The average molecular weight is 240 g/mol. The van der Waals surface area contributed by atoms with E-state index in [2.05, 4.69) is 10.1 Å². The maximum atomic E-state index is 5.96. The van der Waals surface area contributed by atoms with Crippen LogP contribution in [0.5, 0.6) is 0 Å². The van der Waals surface area contributed by atoms with Gasteiger partial charge in [0.05, 0.1) is 17.9 Å². The van der Waals surface area contributed by atoms with Gasteiger partial charge in [0.2, 0.25) is 5.22 Å². The van der Waals surface area contributed by atoms with Crippen LogP contribution in [0.1, 0.15) is 24.7 Å². The molecule has 84 valence electrons. The lowest BCUT2D eigenvalue weighted by molar-refractivity contribution is 0.411. The highest BCUT2D eigenvalue weighted by molar-refractivity contribution is 6.31. The van der Waals surface area contributed by atoms with Gasteiger partial charge in [-0.25, -0.2) is 0 Å². The van der Waals surface area contributed by atoms with Crippen LogP contribution in [-0.4, -0.2) is 10.1 Å². The third kappa shape index (κ3) is 1.62. The molecule has 2 aromatic heterocycles. The Morgan fingerprint density at radius 2 is 2.31 bits per heavy atom. The molecule has 16 heavy (non-hydrogen) atoms. The Balaban J connectivity index is 1.90. The van der Waals surface area contributed by atoms with Crippen LogP contribution in [0.2, 0.25) is 5.22 Å². The van der Waals surface area contributed by atoms with Crippen molar-refractivity contribution in [2.45, 2.75) is 18.9 Å². The molecule has 0 amide bonds. The van der Waals surface area contributed by atoms with E-state index >= 15 is 0 Å². The van der Waals surface area contributed by atoms with Gasteiger partial charge in [-0.15, -0.1) is 0 Å². The molecule has 0 bridgehead atoms. The third-order valence-corrected chi connectivity index (χ3v) is 3.01. The summed E-state index contributed by atoms with van der Waals surface area (Å²) in [6.07, 6.45) is 3.75. The Hall–Kier alpha value is -1.33. The Morgan fingerprint density at radius 1 is 1.50 bits per heavy atom. The van der Waals surface area contributed by atoms with Crippen LogP contribution >= 0.6 is 11.6 Å². The van der Waals surface area contributed by atoms with Crippen LogP contribution in [0, 0.1) is 5.92 Å². The number of furan rings is 1. The Kier molecular flexibility index (Phi) is 2.22.